The number of hydrogen-bond donors (Lipinski definition) is 2. The van der Waals surface area contributed by atoms with Crippen molar-refractivity contribution < 1.29 is 9.59 Å². The Bertz CT molecular complexity index is 814. The highest BCUT2D eigenvalue weighted by Crippen LogP contribution is 2.17. The number of thiazole rings is 1. The van der Waals surface area contributed by atoms with E-state index in [-0.39, 0.29) is 18.2 Å². The second-order valence-corrected chi connectivity index (χ2v) is 6.69. The van der Waals surface area contributed by atoms with Gasteiger partial charge >= 0.3 is 0 Å². The van der Waals surface area contributed by atoms with E-state index in [0.717, 1.165) is 5.56 Å². The molecule has 2 heterocycles. The zero-order valence-corrected chi connectivity index (χ0v) is 14.3. The molecular weight excluding hydrogens is 342 g/mol. The number of hydrogen-bond acceptors (Lipinski definition) is 5. The zero-order chi connectivity index (χ0) is 16.8. The molecule has 7 heteroatoms. The van der Waals surface area contributed by atoms with Gasteiger partial charge in [-0.15, -0.1) is 11.3 Å². The zero-order valence-electron chi connectivity index (χ0n) is 12.7. The number of rotatable bonds is 6. The standard InChI is InChI=1S/C17H15N3O2S2/c21-15(18-9-12-4-2-1-3-5-12)8-14-11-24-17(19-14)20-16(22)13-6-7-23-10-13/h1-7,10-11H,8-9H2,(H,18,21)(H,19,20,22). The maximum atomic E-state index is 12.0. The molecule has 3 aromatic rings. The molecule has 0 fully saturated rings. The van der Waals surface area contributed by atoms with Gasteiger partial charge in [0.05, 0.1) is 17.7 Å². The average molecular weight is 357 g/mol. The molecule has 3 rings (SSSR count). The van der Waals surface area contributed by atoms with Crippen molar-refractivity contribution in [2.45, 2.75) is 13.0 Å². The maximum Gasteiger partial charge on any atom is 0.258 e. The lowest BCUT2D eigenvalue weighted by molar-refractivity contribution is -0.120. The van der Waals surface area contributed by atoms with Crippen LogP contribution in [0.2, 0.25) is 0 Å². The fraction of sp³-hybridized carbons (Fsp3) is 0.118. The normalized spacial score (nSPS) is 10.3. The second-order valence-electron chi connectivity index (χ2n) is 5.05. The Morgan fingerprint density at radius 3 is 2.67 bits per heavy atom. The largest absolute Gasteiger partial charge is 0.352 e. The van der Waals surface area contributed by atoms with Crippen molar-refractivity contribution in [3.8, 4) is 0 Å². The van der Waals surface area contributed by atoms with E-state index in [0.29, 0.717) is 22.9 Å². The van der Waals surface area contributed by atoms with Gasteiger partial charge in [-0.3, -0.25) is 14.9 Å². The molecule has 0 bridgehead atoms. The van der Waals surface area contributed by atoms with E-state index in [1.54, 1.807) is 16.8 Å². The average Bonchev–Trinajstić information content (AvgIpc) is 3.26. The molecule has 0 aliphatic heterocycles. The first-order valence-corrected chi connectivity index (χ1v) is 9.11. The monoisotopic (exact) mass is 357 g/mol. The predicted octanol–water partition coefficient (Wildman–Crippen LogP) is 3.32. The van der Waals surface area contributed by atoms with Crippen LogP contribution in [0.15, 0.2) is 52.5 Å². The Hall–Kier alpha value is -2.51. The summed E-state index contributed by atoms with van der Waals surface area (Å²) in [5.41, 5.74) is 2.30. The highest BCUT2D eigenvalue weighted by Gasteiger charge is 2.11. The smallest absolute Gasteiger partial charge is 0.258 e. The van der Waals surface area contributed by atoms with Gasteiger partial charge in [-0.05, 0) is 17.0 Å². The summed E-state index contributed by atoms with van der Waals surface area (Å²) < 4.78 is 0. The van der Waals surface area contributed by atoms with Gasteiger partial charge in [0.15, 0.2) is 5.13 Å². The van der Waals surface area contributed by atoms with E-state index in [1.807, 2.05) is 35.7 Å². The molecule has 2 amide bonds. The van der Waals surface area contributed by atoms with Crippen LogP contribution in [0, 0.1) is 0 Å². The predicted molar refractivity (Wildman–Crippen MR) is 96.4 cm³/mol. The molecule has 0 aliphatic rings. The van der Waals surface area contributed by atoms with Crippen molar-refractivity contribution in [3.05, 3.63) is 69.4 Å². The maximum absolute atomic E-state index is 12.0. The summed E-state index contributed by atoms with van der Waals surface area (Å²) in [4.78, 5) is 28.2. The first-order valence-electron chi connectivity index (χ1n) is 7.29. The molecule has 2 aromatic heterocycles. The number of carbonyl (C=O) groups is 2. The first kappa shape index (κ1) is 16.4. The third-order valence-corrected chi connectivity index (χ3v) is 4.72. The summed E-state index contributed by atoms with van der Waals surface area (Å²) in [6.45, 7) is 0.492. The number of benzene rings is 1. The summed E-state index contributed by atoms with van der Waals surface area (Å²) in [6, 6.07) is 11.5. The van der Waals surface area contributed by atoms with Crippen molar-refractivity contribution in [1.29, 1.82) is 0 Å². The fourth-order valence-corrected chi connectivity index (χ4v) is 3.37. The van der Waals surface area contributed by atoms with E-state index < -0.39 is 0 Å². The third-order valence-electron chi connectivity index (χ3n) is 3.23. The highest BCUT2D eigenvalue weighted by atomic mass is 32.1. The molecule has 0 atom stereocenters. The summed E-state index contributed by atoms with van der Waals surface area (Å²) in [5.74, 6) is -0.287. The van der Waals surface area contributed by atoms with Crippen LogP contribution in [0.1, 0.15) is 21.6 Å². The molecule has 5 nitrogen and oxygen atoms in total. The van der Waals surface area contributed by atoms with Crippen molar-refractivity contribution >= 4 is 39.6 Å². The van der Waals surface area contributed by atoms with Crippen molar-refractivity contribution in [1.82, 2.24) is 10.3 Å². The number of carbonyl (C=O) groups excluding carboxylic acids is 2. The lowest BCUT2D eigenvalue weighted by Gasteiger charge is -2.04. The Morgan fingerprint density at radius 1 is 1.08 bits per heavy atom. The van der Waals surface area contributed by atoms with Gasteiger partial charge in [0.25, 0.3) is 5.91 Å². The van der Waals surface area contributed by atoms with Gasteiger partial charge < -0.3 is 5.32 Å². The van der Waals surface area contributed by atoms with E-state index in [4.69, 9.17) is 0 Å². The molecule has 122 valence electrons. The van der Waals surface area contributed by atoms with Crippen molar-refractivity contribution in [2.75, 3.05) is 5.32 Å². The van der Waals surface area contributed by atoms with Gasteiger partial charge in [-0.25, -0.2) is 4.98 Å². The fourth-order valence-electron chi connectivity index (χ4n) is 2.03. The molecule has 0 unspecified atom stereocenters. The second kappa shape index (κ2) is 7.85. The third kappa shape index (κ3) is 4.50. The Kier molecular flexibility index (Phi) is 5.35. The van der Waals surface area contributed by atoms with Crippen LogP contribution in [-0.2, 0) is 17.8 Å². The van der Waals surface area contributed by atoms with E-state index in [2.05, 4.69) is 15.6 Å². The summed E-state index contributed by atoms with van der Waals surface area (Å²) in [6.07, 6.45) is 0.192. The first-order chi connectivity index (χ1) is 11.7. The quantitative estimate of drug-likeness (QED) is 0.711. The number of amides is 2. The van der Waals surface area contributed by atoms with Crippen LogP contribution in [0.25, 0.3) is 0 Å². The van der Waals surface area contributed by atoms with Crippen LogP contribution in [0.5, 0.6) is 0 Å². The minimum absolute atomic E-state index is 0.0973. The van der Waals surface area contributed by atoms with E-state index in [9.17, 15) is 9.59 Å². The number of nitrogens with zero attached hydrogens (tertiary/aromatic N) is 1. The Morgan fingerprint density at radius 2 is 1.92 bits per heavy atom. The molecule has 0 saturated heterocycles. The van der Waals surface area contributed by atoms with Gasteiger partial charge in [0, 0.05) is 17.3 Å². The van der Waals surface area contributed by atoms with Crippen LogP contribution in [-0.4, -0.2) is 16.8 Å². The molecule has 0 saturated carbocycles. The summed E-state index contributed by atoms with van der Waals surface area (Å²) >= 11 is 2.78. The lowest BCUT2D eigenvalue weighted by atomic mass is 10.2. The molecule has 24 heavy (non-hydrogen) atoms. The van der Waals surface area contributed by atoms with Crippen LogP contribution in [0.3, 0.4) is 0 Å². The SMILES string of the molecule is O=C(Cc1csc(NC(=O)c2ccsc2)n1)NCc1ccccc1. The Labute approximate surface area is 147 Å². The topological polar surface area (TPSA) is 71.1 Å². The minimum Gasteiger partial charge on any atom is -0.352 e. The number of thiophene rings is 1. The number of aromatic nitrogens is 1. The number of anilines is 1. The molecule has 0 spiro atoms. The van der Waals surface area contributed by atoms with E-state index >= 15 is 0 Å². The van der Waals surface area contributed by atoms with Gasteiger partial charge in [-0.1, -0.05) is 30.3 Å². The molecule has 1 aromatic carbocycles. The van der Waals surface area contributed by atoms with Crippen LogP contribution in [0.4, 0.5) is 5.13 Å². The number of nitrogens with one attached hydrogen (secondary N) is 2. The molecule has 2 N–H and O–H groups in total. The van der Waals surface area contributed by atoms with Crippen LogP contribution < -0.4 is 10.6 Å². The summed E-state index contributed by atoms with van der Waals surface area (Å²) in [7, 11) is 0. The van der Waals surface area contributed by atoms with Crippen LogP contribution >= 0.6 is 22.7 Å². The molecule has 0 radical (unpaired) electrons. The van der Waals surface area contributed by atoms with Gasteiger partial charge in [0.1, 0.15) is 0 Å². The van der Waals surface area contributed by atoms with E-state index in [1.165, 1.54) is 22.7 Å². The van der Waals surface area contributed by atoms with Crippen molar-refractivity contribution in [2.24, 2.45) is 0 Å². The highest BCUT2D eigenvalue weighted by molar-refractivity contribution is 7.14. The van der Waals surface area contributed by atoms with Gasteiger partial charge in [-0.2, -0.15) is 11.3 Å². The lowest BCUT2D eigenvalue weighted by Crippen LogP contribution is -2.24. The van der Waals surface area contributed by atoms with Gasteiger partial charge in [0.2, 0.25) is 5.91 Å². The van der Waals surface area contributed by atoms with Crippen molar-refractivity contribution in [3.63, 3.8) is 0 Å². The Balaban J connectivity index is 1.50. The molecular formula is C17H15N3O2S2. The summed E-state index contributed by atoms with van der Waals surface area (Å²) in [5, 5.41) is 11.5. The minimum atomic E-state index is -0.189. The molecule has 0 aliphatic carbocycles.